The topological polar surface area (TPSA) is 74.2 Å². The molecule has 1 aromatic carbocycles. The van der Waals surface area contributed by atoms with Crippen LogP contribution < -0.4 is 0 Å². The second kappa shape index (κ2) is 5.59. The minimum atomic E-state index is -1.34. The molecule has 1 aromatic rings. The number of ketones is 1. The van der Waals surface area contributed by atoms with Gasteiger partial charge >= 0.3 is 0 Å². The molecular formula is C14H16O6. The average Bonchev–Trinajstić information content (AvgIpc) is 2.51. The largest absolute Gasteiger partial charge is 0.380 e. The first-order valence-corrected chi connectivity index (χ1v) is 6.43. The molecule has 2 saturated heterocycles. The zero-order chi connectivity index (χ0) is 14.1. The SMILES string of the molecule is CO[C@H]1O[C@@H]2COC(c3ccccc3)O[C@H]2C(=O)[C@H]1O. The third kappa shape index (κ3) is 2.36. The predicted octanol–water partition coefficient (Wildman–Crippen LogP) is 0.402. The monoisotopic (exact) mass is 280 g/mol. The van der Waals surface area contributed by atoms with Gasteiger partial charge in [0.05, 0.1) is 6.61 Å². The quantitative estimate of drug-likeness (QED) is 0.845. The molecule has 0 spiro atoms. The van der Waals surface area contributed by atoms with Crippen LogP contribution in [0.25, 0.3) is 0 Å². The molecule has 1 unspecified atom stereocenters. The first-order valence-electron chi connectivity index (χ1n) is 6.43. The molecule has 2 aliphatic rings. The Balaban J connectivity index is 1.76. The van der Waals surface area contributed by atoms with Gasteiger partial charge in [-0.2, -0.15) is 0 Å². The number of Topliss-reactive ketones (excluding diaryl/α,β-unsaturated/α-hetero) is 1. The van der Waals surface area contributed by atoms with E-state index in [1.807, 2.05) is 30.3 Å². The molecule has 108 valence electrons. The summed E-state index contributed by atoms with van der Waals surface area (Å²) >= 11 is 0. The molecule has 0 aromatic heterocycles. The van der Waals surface area contributed by atoms with Gasteiger partial charge in [0.15, 0.2) is 30.6 Å². The first-order chi connectivity index (χ1) is 9.70. The van der Waals surface area contributed by atoms with Crippen molar-refractivity contribution in [2.24, 2.45) is 0 Å². The third-order valence-electron chi connectivity index (χ3n) is 3.46. The number of ether oxygens (including phenoxy) is 4. The Morgan fingerprint density at radius 2 is 2.00 bits per heavy atom. The fourth-order valence-electron chi connectivity index (χ4n) is 2.41. The molecule has 0 saturated carbocycles. The van der Waals surface area contributed by atoms with Gasteiger partial charge in [0.1, 0.15) is 6.10 Å². The highest BCUT2D eigenvalue weighted by molar-refractivity contribution is 5.89. The summed E-state index contributed by atoms with van der Waals surface area (Å²) in [7, 11) is 1.37. The van der Waals surface area contributed by atoms with Gasteiger partial charge in [-0.15, -0.1) is 0 Å². The lowest BCUT2D eigenvalue weighted by atomic mass is 10.00. The van der Waals surface area contributed by atoms with E-state index in [9.17, 15) is 9.90 Å². The predicted molar refractivity (Wildman–Crippen MR) is 66.7 cm³/mol. The molecule has 3 rings (SSSR count). The summed E-state index contributed by atoms with van der Waals surface area (Å²) in [6.07, 6.45) is -4.33. The van der Waals surface area contributed by atoms with Gasteiger partial charge in [-0.25, -0.2) is 0 Å². The van der Waals surface area contributed by atoms with Crippen LogP contribution in [0.5, 0.6) is 0 Å². The number of fused-ring (bicyclic) bond motifs is 1. The Morgan fingerprint density at radius 3 is 2.70 bits per heavy atom. The van der Waals surface area contributed by atoms with Crippen molar-refractivity contribution in [2.75, 3.05) is 13.7 Å². The van der Waals surface area contributed by atoms with Crippen LogP contribution in [-0.2, 0) is 23.7 Å². The van der Waals surface area contributed by atoms with E-state index in [2.05, 4.69) is 0 Å². The molecule has 0 bridgehead atoms. The zero-order valence-electron chi connectivity index (χ0n) is 11.0. The van der Waals surface area contributed by atoms with E-state index in [1.54, 1.807) is 0 Å². The minimum Gasteiger partial charge on any atom is -0.380 e. The van der Waals surface area contributed by atoms with E-state index < -0.39 is 36.7 Å². The lowest BCUT2D eigenvalue weighted by Gasteiger charge is -2.42. The van der Waals surface area contributed by atoms with Gasteiger partial charge in [-0.05, 0) is 0 Å². The summed E-state index contributed by atoms with van der Waals surface area (Å²) in [4.78, 5) is 12.1. The molecule has 0 radical (unpaired) electrons. The molecule has 2 heterocycles. The maximum atomic E-state index is 12.1. The Bertz CT molecular complexity index is 476. The number of aliphatic hydroxyl groups is 1. The number of hydrogen-bond donors (Lipinski definition) is 1. The minimum absolute atomic E-state index is 0.211. The van der Waals surface area contributed by atoms with Crippen LogP contribution >= 0.6 is 0 Å². The molecule has 0 amide bonds. The third-order valence-corrected chi connectivity index (χ3v) is 3.46. The Kier molecular flexibility index (Phi) is 3.82. The summed E-state index contributed by atoms with van der Waals surface area (Å²) in [6, 6.07) is 9.32. The summed E-state index contributed by atoms with van der Waals surface area (Å²) in [5.41, 5.74) is 0.821. The number of methoxy groups -OCH3 is 1. The molecular weight excluding hydrogens is 264 g/mol. The summed E-state index contributed by atoms with van der Waals surface area (Å²) in [6.45, 7) is 0.211. The molecule has 6 heteroatoms. The van der Waals surface area contributed by atoms with Crippen LogP contribution in [0.3, 0.4) is 0 Å². The second-order valence-electron chi connectivity index (χ2n) is 4.76. The van der Waals surface area contributed by atoms with Crippen molar-refractivity contribution in [3.63, 3.8) is 0 Å². The lowest BCUT2D eigenvalue weighted by Crippen LogP contribution is -2.59. The van der Waals surface area contributed by atoms with Crippen molar-refractivity contribution in [3.8, 4) is 0 Å². The molecule has 0 aliphatic carbocycles. The maximum Gasteiger partial charge on any atom is 0.198 e. The number of carbonyl (C=O) groups excluding carboxylic acids is 1. The summed E-state index contributed by atoms with van der Waals surface area (Å²) in [5.74, 6) is -0.433. The molecule has 2 fully saturated rings. The highest BCUT2D eigenvalue weighted by Crippen LogP contribution is 2.32. The van der Waals surface area contributed by atoms with E-state index in [4.69, 9.17) is 18.9 Å². The fraction of sp³-hybridized carbons (Fsp3) is 0.500. The van der Waals surface area contributed by atoms with Crippen molar-refractivity contribution in [1.82, 2.24) is 0 Å². The van der Waals surface area contributed by atoms with Crippen molar-refractivity contribution < 1.29 is 28.8 Å². The summed E-state index contributed by atoms with van der Waals surface area (Å²) < 4.78 is 21.6. The van der Waals surface area contributed by atoms with Gasteiger partial charge in [0.25, 0.3) is 0 Å². The van der Waals surface area contributed by atoms with Crippen molar-refractivity contribution in [1.29, 1.82) is 0 Å². The fourth-order valence-corrected chi connectivity index (χ4v) is 2.41. The van der Waals surface area contributed by atoms with Crippen LogP contribution in [0.1, 0.15) is 11.9 Å². The number of rotatable bonds is 2. The van der Waals surface area contributed by atoms with E-state index in [0.717, 1.165) is 5.56 Å². The van der Waals surface area contributed by atoms with E-state index >= 15 is 0 Å². The van der Waals surface area contributed by atoms with Crippen LogP contribution in [0.15, 0.2) is 30.3 Å². The Hall–Kier alpha value is -1.31. The van der Waals surface area contributed by atoms with Crippen molar-refractivity contribution >= 4 is 5.78 Å². The standard InChI is InChI=1S/C14H16O6/c1-17-14-11(16)10(15)12-9(19-14)7-18-13(20-12)8-5-3-2-4-6-8/h2-6,9,11-14,16H,7H2,1H3/t9-,11-,12-,13?,14+/m1/s1. The van der Waals surface area contributed by atoms with Crippen molar-refractivity contribution in [3.05, 3.63) is 35.9 Å². The number of hydrogen-bond acceptors (Lipinski definition) is 6. The van der Waals surface area contributed by atoms with Gasteiger partial charge in [-0.1, -0.05) is 30.3 Å². The highest BCUT2D eigenvalue weighted by Gasteiger charge is 2.48. The van der Waals surface area contributed by atoms with Gasteiger partial charge in [0.2, 0.25) is 0 Å². The maximum absolute atomic E-state index is 12.1. The number of carbonyl (C=O) groups is 1. The Morgan fingerprint density at radius 1 is 1.25 bits per heavy atom. The zero-order valence-corrected chi connectivity index (χ0v) is 11.0. The number of aliphatic hydroxyl groups excluding tert-OH is 1. The second-order valence-corrected chi connectivity index (χ2v) is 4.76. The summed E-state index contributed by atoms with van der Waals surface area (Å²) in [5, 5.41) is 9.81. The average molecular weight is 280 g/mol. The van der Waals surface area contributed by atoms with E-state index in [-0.39, 0.29) is 6.61 Å². The molecule has 5 atom stereocenters. The van der Waals surface area contributed by atoms with Gasteiger partial charge in [0, 0.05) is 12.7 Å². The van der Waals surface area contributed by atoms with Crippen LogP contribution in [0.4, 0.5) is 0 Å². The molecule has 1 N–H and O–H groups in total. The van der Waals surface area contributed by atoms with E-state index in [1.165, 1.54) is 7.11 Å². The van der Waals surface area contributed by atoms with Crippen LogP contribution in [0.2, 0.25) is 0 Å². The van der Waals surface area contributed by atoms with Gasteiger partial charge < -0.3 is 24.1 Å². The van der Waals surface area contributed by atoms with Crippen LogP contribution in [0, 0.1) is 0 Å². The highest BCUT2D eigenvalue weighted by atomic mass is 16.7. The van der Waals surface area contributed by atoms with Crippen molar-refractivity contribution in [2.45, 2.75) is 30.9 Å². The normalized spacial score (nSPS) is 37.5. The van der Waals surface area contributed by atoms with E-state index in [0.29, 0.717) is 0 Å². The van der Waals surface area contributed by atoms with Gasteiger partial charge in [-0.3, -0.25) is 4.79 Å². The number of benzene rings is 1. The van der Waals surface area contributed by atoms with Crippen LogP contribution in [-0.4, -0.2) is 49.2 Å². The Labute approximate surface area is 116 Å². The molecule has 6 nitrogen and oxygen atoms in total. The smallest absolute Gasteiger partial charge is 0.198 e. The molecule has 20 heavy (non-hydrogen) atoms. The molecule has 2 aliphatic heterocycles. The lowest BCUT2D eigenvalue weighted by molar-refractivity contribution is -0.313. The first kappa shape index (κ1) is 13.7.